The minimum atomic E-state index is 0.216. The second kappa shape index (κ2) is 10.2. The van der Waals surface area contributed by atoms with E-state index < -0.39 is 0 Å². The monoisotopic (exact) mass is 195 g/mol. The first-order valence-corrected chi connectivity index (χ1v) is 5.68. The number of nitriles is 1. The van der Waals surface area contributed by atoms with Crippen LogP contribution in [0.4, 0.5) is 0 Å². The summed E-state index contributed by atoms with van der Waals surface area (Å²) >= 11 is 0. The first kappa shape index (κ1) is 13.2. The summed E-state index contributed by atoms with van der Waals surface area (Å²) in [6.07, 6.45) is 9.17. The minimum absolute atomic E-state index is 0.216. The molecule has 0 saturated carbocycles. The van der Waals surface area contributed by atoms with Crippen LogP contribution in [-0.4, -0.2) is 6.29 Å². The summed E-state index contributed by atoms with van der Waals surface area (Å²) in [5.74, 6) is 0.216. The van der Waals surface area contributed by atoms with Gasteiger partial charge in [0, 0.05) is 12.3 Å². The first-order valence-electron chi connectivity index (χ1n) is 5.68. The molecule has 2 heteroatoms. The molecular formula is C12H21NO. The molecule has 0 aromatic rings. The van der Waals surface area contributed by atoms with Crippen LogP contribution in [0.1, 0.15) is 58.3 Å². The van der Waals surface area contributed by atoms with E-state index in [0.717, 1.165) is 32.0 Å². The number of hydrogen-bond acceptors (Lipinski definition) is 2. The smallest absolute Gasteiger partial charge is 0.119 e. The van der Waals surface area contributed by atoms with Crippen LogP contribution in [0.5, 0.6) is 0 Å². The van der Waals surface area contributed by atoms with E-state index in [1.165, 1.54) is 19.3 Å². The Labute approximate surface area is 87.3 Å². The second-order valence-corrected chi connectivity index (χ2v) is 3.77. The summed E-state index contributed by atoms with van der Waals surface area (Å²) in [5.41, 5.74) is 0. The molecule has 0 radical (unpaired) electrons. The number of unbranched alkanes of at least 4 members (excludes halogenated alkanes) is 4. The maximum Gasteiger partial charge on any atom is 0.119 e. The van der Waals surface area contributed by atoms with Gasteiger partial charge in [-0.15, -0.1) is 0 Å². The fourth-order valence-electron chi connectivity index (χ4n) is 1.53. The second-order valence-electron chi connectivity index (χ2n) is 3.77. The van der Waals surface area contributed by atoms with Crippen LogP contribution in [0.15, 0.2) is 0 Å². The van der Waals surface area contributed by atoms with Crippen molar-refractivity contribution in [2.45, 2.75) is 58.3 Å². The zero-order valence-electron chi connectivity index (χ0n) is 9.17. The number of carbonyl (C=O) groups is 1. The minimum Gasteiger partial charge on any atom is -0.303 e. The fourth-order valence-corrected chi connectivity index (χ4v) is 1.53. The van der Waals surface area contributed by atoms with Crippen molar-refractivity contribution in [3.05, 3.63) is 0 Å². The van der Waals surface area contributed by atoms with E-state index in [4.69, 9.17) is 5.26 Å². The van der Waals surface area contributed by atoms with E-state index in [9.17, 15) is 4.79 Å². The zero-order chi connectivity index (χ0) is 10.6. The van der Waals surface area contributed by atoms with Gasteiger partial charge >= 0.3 is 0 Å². The van der Waals surface area contributed by atoms with Crippen LogP contribution in [0, 0.1) is 17.2 Å². The van der Waals surface area contributed by atoms with Crippen molar-refractivity contribution in [3.63, 3.8) is 0 Å². The molecule has 0 aromatic heterocycles. The number of rotatable bonds is 9. The molecule has 0 aliphatic heterocycles. The highest BCUT2D eigenvalue weighted by Gasteiger charge is 2.05. The lowest BCUT2D eigenvalue weighted by molar-refractivity contribution is -0.107. The summed E-state index contributed by atoms with van der Waals surface area (Å²) in [6, 6.07) is 2.35. The van der Waals surface area contributed by atoms with E-state index in [1.807, 2.05) is 0 Å². The third kappa shape index (κ3) is 7.79. The van der Waals surface area contributed by atoms with E-state index >= 15 is 0 Å². The van der Waals surface area contributed by atoms with Gasteiger partial charge in [0.25, 0.3) is 0 Å². The number of carbonyl (C=O) groups excluding carboxylic acids is 1. The molecule has 80 valence electrons. The molecule has 0 aliphatic rings. The third-order valence-corrected chi connectivity index (χ3v) is 2.46. The summed E-state index contributed by atoms with van der Waals surface area (Å²) in [4.78, 5) is 10.1. The highest BCUT2D eigenvalue weighted by atomic mass is 16.1. The first-order chi connectivity index (χ1) is 6.85. The van der Waals surface area contributed by atoms with Crippen molar-refractivity contribution in [1.82, 2.24) is 0 Å². The fraction of sp³-hybridized carbons (Fsp3) is 0.833. The van der Waals surface area contributed by atoms with E-state index in [0.29, 0.717) is 6.42 Å². The van der Waals surface area contributed by atoms with Gasteiger partial charge in [0.15, 0.2) is 0 Å². The van der Waals surface area contributed by atoms with Gasteiger partial charge < -0.3 is 4.79 Å². The largest absolute Gasteiger partial charge is 0.303 e. The van der Waals surface area contributed by atoms with Gasteiger partial charge in [0.1, 0.15) is 6.29 Å². The van der Waals surface area contributed by atoms with Gasteiger partial charge in [-0.05, 0) is 19.3 Å². The van der Waals surface area contributed by atoms with Gasteiger partial charge in [0.05, 0.1) is 6.07 Å². The van der Waals surface area contributed by atoms with Gasteiger partial charge in [-0.3, -0.25) is 0 Å². The molecular weight excluding hydrogens is 174 g/mol. The van der Waals surface area contributed by atoms with E-state index in [2.05, 4.69) is 13.0 Å². The molecule has 0 saturated heterocycles. The van der Waals surface area contributed by atoms with Crippen LogP contribution in [0.3, 0.4) is 0 Å². The summed E-state index contributed by atoms with van der Waals surface area (Å²) < 4.78 is 0. The average Bonchev–Trinajstić information content (AvgIpc) is 2.22. The Balaban J connectivity index is 3.39. The van der Waals surface area contributed by atoms with Crippen molar-refractivity contribution in [2.24, 2.45) is 5.92 Å². The lowest BCUT2D eigenvalue weighted by atomic mass is 9.96. The molecule has 0 spiro atoms. The van der Waals surface area contributed by atoms with Gasteiger partial charge in [0.2, 0.25) is 0 Å². The van der Waals surface area contributed by atoms with Gasteiger partial charge in [-0.2, -0.15) is 5.26 Å². The molecule has 1 atom stereocenters. The molecule has 2 nitrogen and oxygen atoms in total. The molecule has 0 heterocycles. The predicted molar refractivity (Wildman–Crippen MR) is 57.8 cm³/mol. The molecule has 1 unspecified atom stereocenters. The average molecular weight is 195 g/mol. The highest BCUT2D eigenvalue weighted by Crippen LogP contribution is 2.16. The zero-order valence-corrected chi connectivity index (χ0v) is 9.17. The number of aldehydes is 1. The maximum absolute atomic E-state index is 10.1. The third-order valence-electron chi connectivity index (χ3n) is 2.46. The Morgan fingerprint density at radius 3 is 2.36 bits per heavy atom. The Kier molecular flexibility index (Phi) is 9.63. The lowest BCUT2D eigenvalue weighted by Crippen LogP contribution is -1.97. The molecule has 0 N–H and O–H groups in total. The number of nitrogens with zero attached hydrogens (tertiary/aromatic N) is 1. The van der Waals surface area contributed by atoms with Crippen LogP contribution in [0.2, 0.25) is 0 Å². The molecule has 0 amide bonds. The Morgan fingerprint density at radius 2 is 1.86 bits per heavy atom. The van der Waals surface area contributed by atoms with Crippen molar-refractivity contribution in [2.75, 3.05) is 0 Å². The molecule has 0 aromatic carbocycles. The van der Waals surface area contributed by atoms with Crippen molar-refractivity contribution in [3.8, 4) is 6.07 Å². The van der Waals surface area contributed by atoms with E-state index in [1.54, 1.807) is 0 Å². The SMILES string of the molecule is CCCCCC(C#N)CCCCC=O. The maximum atomic E-state index is 10.1. The van der Waals surface area contributed by atoms with Crippen molar-refractivity contribution in [1.29, 1.82) is 5.26 Å². The Hall–Kier alpha value is -0.840. The molecule has 0 rings (SSSR count). The Morgan fingerprint density at radius 1 is 1.21 bits per heavy atom. The van der Waals surface area contributed by atoms with Crippen LogP contribution in [-0.2, 0) is 4.79 Å². The topological polar surface area (TPSA) is 40.9 Å². The molecule has 14 heavy (non-hydrogen) atoms. The lowest BCUT2D eigenvalue weighted by Gasteiger charge is -2.07. The highest BCUT2D eigenvalue weighted by molar-refractivity contribution is 5.48. The molecule has 0 bridgehead atoms. The predicted octanol–water partition coefficient (Wildman–Crippen LogP) is 3.47. The summed E-state index contributed by atoms with van der Waals surface area (Å²) in [5, 5.41) is 8.86. The van der Waals surface area contributed by atoms with E-state index in [-0.39, 0.29) is 5.92 Å². The van der Waals surface area contributed by atoms with Gasteiger partial charge in [-0.1, -0.05) is 32.6 Å². The van der Waals surface area contributed by atoms with Crippen molar-refractivity contribution < 1.29 is 4.79 Å². The van der Waals surface area contributed by atoms with Crippen LogP contribution < -0.4 is 0 Å². The molecule has 0 aliphatic carbocycles. The van der Waals surface area contributed by atoms with Crippen LogP contribution in [0.25, 0.3) is 0 Å². The number of hydrogen-bond donors (Lipinski definition) is 0. The van der Waals surface area contributed by atoms with Crippen LogP contribution >= 0.6 is 0 Å². The summed E-state index contributed by atoms with van der Waals surface area (Å²) in [7, 11) is 0. The quantitative estimate of drug-likeness (QED) is 0.417. The van der Waals surface area contributed by atoms with Crippen molar-refractivity contribution >= 4 is 6.29 Å². The molecule has 0 fully saturated rings. The Bertz CT molecular complexity index is 172. The normalized spacial score (nSPS) is 12.0. The summed E-state index contributed by atoms with van der Waals surface area (Å²) in [6.45, 7) is 2.17. The van der Waals surface area contributed by atoms with Gasteiger partial charge in [-0.25, -0.2) is 0 Å². The standard InChI is InChI=1S/C12H21NO/c1-2-3-5-8-12(11-13)9-6-4-7-10-14/h10,12H,2-9H2,1H3.